The van der Waals surface area contributed by atoms with Crippen molar-refractivity contribution in [1.29, 1.82) is 0 Å². The molecule has 0 saturated carbocycles. The minimum absolute atomic E-state index is 0.154. The highest BCUT2D eigenvalue weighted by molar-refractivity contribution is 6.35. The third kappa shape index (κ3) is 2.94. The number of anilines is 1. The van der Waals surface area contributed by atoms with E-state index in [1.807, 2.05) is 32.0 Å². The Morgan fingerprint density at radius 1 is 1.15 bits per heavy atom. The van der Waals surface area contributed by atoms with Gasteiger partial charge >= 0.3 is 0 Å². The van der Waals surface area contributed by atoms with Gasteiger partial charge in [-0.1, -0.05) is 40.9 Å². The summed E-state index contributed by atoms with van der Waals surface area (Å²) in [5.74, 6) is -0.288. The number of carbonyl (C=O) groups is 1. The van der Waals surface area contributed by atoms with E-state index in [0.29, 0.717) is 0 Å². The summed E-state index contributed by atoms with van der Waals surface area (Å²) in [6.45, 7) is 3.97. The number of aryl methyl sites for hydroxylation is 2. The highest BCUT2D eigenvalue weighted by atomic mass is 35.5. The molecule has 1 aromatic carbocycles. The van der Waals surface area contributed by atoms with Crippen LogP contribution in [0.1, 0.15) is 21.6 Å². The van der Waals surface area contributed by atoms with Crippen molar-refractivity contribution in [2.75, 3.05) is 11.9 Å². The third-order valence-corrected chi connectivity index (χ3v) is 3.55. The first-order valence-electron chi connectivity index (χ1n) is 6.07. The molecule has 0 aliphatic rings. The number of benzene rings is 1. The number of pyridine rings is 1. The van der Waals surface area contributed by atoms with Gasteiger partial charge in [0.25, 0.3) is 5.91 Å². The van der Waals surface area contributed by atoms with Gasteiger partial charge in [0.1, 0.15) is 10.8 Å². The van der Waals surface area contributed by atoms with Gasteiger partial charge in [0.15, 0.2) is 0 Å². The van der Waals surface area contributed by atoms with Crippen LogP contribution in [0.25, 0.3) is 0 Å². The molecule has 1 heterocycles. The number of amides is 1. The number of rotatable bonds is 2. The summed E-state index contributed by atoms with van der Waals surface area (Å²) in [7, 11) is 1.69. The van der Waals surface area contributed by atoms with Crippen molar-refractivity contribution < 1.29 is 4.79 Å². The molecule has 0 radical (unpaired) electrons. The molecule has 0 aliphatic heterocycles. The molecule has 0 spiro atoms. The van der Waals surface area contributed by atoms with Gasteiger partial charge in [-0.2, -0.15) is 0 Å². The first kappa shape index (κ1) is 14.8. The zero-order valence-corrected chi connectivity index (χ0v) is 13.0. The molecule has 0 bridgehead atoms. The lowest BCUT2D eigenvalue weighted by Gasteiger charge is -2.20. The van der Waals surface area contributed by atoms with Crippen LogP contribution in [0.15, 0.2) is 30.3 Å². The van der Waals surface area contributed by atoms with E-state index in [2.05, 4.69) is 4.98 Å². The van der Waals surface area contributed by atoms with Crippen molar-refractivity contribution in [3.8, 4) is 0 Å². The van der Waals surface area contributed by atoms with Gasteiger partial charge in [0, 0.05) is 12.7 Å². The molecule has 104 valence electrons. The SMILES string of the molecule is Cc1ccc(N(C)C(=O)c2nc(Cl)ccc2Cl)c(C)c1. The molecular formula is C15H14Cl2N2O. The summed E-state index contributed by atoms with van der Waals surface area (Å²) in [6, 6.07) is 9.00. The van der Waals surface area contributed by atoms with Crippen molar-refractivity contribution in [2.45, 2.75) is 13.8 Å². The zero-order valence-electron chi connectivity index (χ0n) is 11.4. The second-order valence-electron chi connectivity index (χ2n) is 4.62. The zero-order chi connectivity index (χ0) is 14.9. The van der Waals surface area contributed by atoms with Crippen molar-refractivity contribution in [3.05, 3.63) is 57.3 Å². The predicted molar refractivity (Wildman–Crippen MR) is 82.9 cm³/mol. The summed E-state index contributed by atoms with van der Waals surface area (Å²) in [4.78, 5) is 18.0. The molecule has 0 N–H and O–H groups in total. The van der Waals surface area contributed by atoms with Crippen molar-refractivity contribution in [3.63, 3.8) is 0 Å². The minimum atomic E-state index is -0.288. The van der Waals surface area contributed by atoms with Crippen LogP contribution in [0, 0.1) is 13.8 Å². The molecule has 2 aromatic rings. The van der Waals surface area contributed by atoms with Gasteiger partial charge in [-0.05, 0) is 37.6 Å². The predicted octanol–water partition coefficient (Wildman–Crippen LogP) is 4.28. The Balaban J connectivity index is 2.40. The Morgan fingerprint density at radius 3 is 2.50 bits per heavy atom. The number of aromatic nitrogens is 1. The summed E-state index contributed by atoms with van der Waals surface area (Å²) >= 11 is 11.8. The van der Waals surface area contributed by atoms with Crippen LogP contribution in [0.4, 0.5) is 5.69 Å². The molecular weight excluding hydrogens is 295 g/mol. The summed E-state index contributed by atoms with van der Waals surface area (Å²) in [5, 5.41) is 0.530. The van der Waals surface area contributed by atoms with Crippen LogP contribution in [0.3, 0.4) is 0 Å². The number of halogens is 2. The maximum atomic E-state index is 12.5. The lowest BCUT2D eigenvalue weighted by Crippen LogP contribution is -2.28. The normalized spacial score (nSPS) is 10.4. The fourth-order valence-electron chi connectivity index (χ4n) is 2.02. The molecule has 0 fully saturated rings. The van der Waals surface area contributed by atoms with E-state index in [1.54, 1.807) is 19.2 Å². The van der Waals surface area contributed by atoms with E-state index >= 15 is 0 Å². The number of carbonyl (C=O) groups excluding carboxylic acids is 1. The van der Waals surface area contributed by atoms with Gasteiger partial charge in [0.05, 0.1) is 5.02 Å². The molecule has 0 aliphatic carbocycles. The van der Waals surface area contributed by atoms with E-state index in [4.69, 9.17) is 23.2 Å². The van der Waals surface area contributed by atoms with Crippen molar-refractivity contribution in [2.24, 2.45) is 0 Å². The van der Waals surface area contributed by atoms with E-state index in [-0.39, 0.29) is 21.8 Å². The molecule has 0 atom stereocenters. The first-order chi connectivity index (χ1) is 9.40. The third-order valence-electron chi connectivity index (χ3n) is 3.03. The average molecular weight is 309 g/mol. The first-order valence-corrected chi connectivity index (χ1v) is 6.83. The summed E-state index contributed by atoms with van der Waals surface area (Å²) in [5.41, 5.74) is 3.13. The lowest BCUT2D eigenvalue weighted by atomic mass is 10.1. The minimum Gasteiger partial charge on any atom is -0.310 e. The van der Waals surface area contributed by atoms with Gasteiger partial charge in [-0.15, -0.1) is 0 Å². The Labute approximate surface area is 128 Å². The molecule has 5 heteroatoms. The highest BCUT2D eigenvalue weighted by Crippen LogP contribution is 2.24. The topological polar surface area (TPSA) is 33.2 Å². The van der Waals surface area contributed by atoms with Gasteiger partial charge < -0.3 is 4.90 Å². The molecule has 1 amide bonds. The summed E-state index contributed by atoms with van der Waals surface area (Å²) < 4.78 is 0. The molecule has 0 unspecified atom stereocenters. The van der Waals surface area contributed by atoms with E-state index < -0.39 is 0 Å². The molecule has 1 aromatic heterocycles. The quantitative estimate of drug-likeness (QED) is 0.776. The Hall–Kier alpha value is -1.58. The van der Waals surface area contributed by atoms with E-state index in [0.717, 1.165) is 16.8 Å². The largest absolute Gasteiger partial charge is 0.310 e. The van der Waals surface area contributed by atoms with Gasteiger partial charge in [0.2, 0.25) is 0 Å². The smallest absolute Gasteiger partial charge is 0.278 e. The fraction of sp³-hybridized carbons (Fsp3) is 0.200. The number of nitrogens with zero attached hydrogens (tertiary/aromatic N) is 2. The van der Waals surface area contributed by atoms with Crippen LogP contribution >= 0.6 is 23.2 Å². The molecule has 3 nitrogen and oxygen atoms in total. The van der Waals surface area contributed by atoms with Crippen LogP contribution in [0.2, 0.25) is 10.2 Å². The Bertz CT molecular complexity index is 671. The monoisotopic (exact) mass is 308 g/mol. The summed E-state index contributed by atoms with van der Waals surface area (Å²) in [6.07, 6.45) is 0. The molecule has 20 heavy (non-hydrogen) atoms. The Kier molecular flexibility index (Phi) is 4.31. The fourth-order valence-corrected chi connectivity index (χ4v) is 2.35. The lowest BCUT2D eigenvalue weighted by molar-refractivity contribution is 0.0988. The maximum absolute atomic E-state index is 12.5. The number of hydrogen-bond donors (Lipinski definition) is 0. The van der Waals surface area contributed by atoms with Crippen molar-refractivity contribution in [1.82, 2.24) is 4.98 Å². The second kappa shape index (κ2) is 5.81. The Morgan fingerprint density at radius 2 is 1.85 bits per heavy atom. The van der Waals surface area contributed by atoms with Crippen molar-refractivity contribution >= 4 is 34.8 Å². The average Bonchev–Trinajstić information content (AvgIpc) is 2.40. The highest BCUT2D eigenvalue weighted by Gasteiger charge is 2.19. The maximum Gasteiger partial charge on any atom is 0.278 e. The standard InChI is InChI=1S/C15H14Cl2N2O/c1-9-4-6-12(10(2)8-9)19(3)15(20)14-11(16)5-7-13(17)18-14/h4-8H,1-3H3. The van der Waals surface area contributed by atoms with Gasteiger partial charge in [-0.25, -0.2) is 4.98 Å². The molecule has 2 rings (SSSR count). The molecule has 0 saturated heterocycles. The van der Waals surface area contributed by atoms with E-state index in [9.17, 15) is 4.79 Å². The second-order valence-corrected chi connectivity index (χ2v) is 5.41. The van der Waals surface area contributed by atoms with Crippen LogP contribution in [0.5, 0.6) is 0 Å². The number of hydrogen-bond acceptors (Lipinski definition) is 2. The van der Waals surface area contributed by atoms with Crippen LogP contribution in [-0.2, 0) is 0 Å². The van der Waals surface area contributed by atoms with Crippen LogP contribution in [-0.4, -0.2) is 17.9 Å². The van der Waals surface area contributed by atoms with Gasteiger partial charge in [-0.3, -0.25) is 4.79 Å². The van der Waals surface area contributed by atoms with E-state index in [1.165, 1.54) is 4.90 Å². The van der Waals surface area contributed by atoms with Crippen LogP contribution < -0.4 is 4.90 Å².